The largest absolute Gasteiger partial charge is 0.393 e. The maximum atomic E-state index is 10.1. The zero-order chi connectivity index (χ0) is 23.3. The van der Waals surface area contributed by atoms with Gasteiger partial charge >= 0.3 is 0 Å². The maximum absolute atomic E-state index is 10.1. The highest BCUT2D eigenvalue weighted by Gasteiger charge is 2.51. The smallest absolute Gasteiger partial charge is 0.107 e. The monoisotopic (exact) mass is 438 g/mol. The Hall–Kier alpha value is -1.30. The molecule has 0 amide bonds. The molecule has 3 aliphatic carbocycles. The number of allylic oxidation sites excluding steroid dienone is 4. The van der Waals surface area contributed by atoms with E-state index in [1.165, 1.54) is 49.7 Å². The molecule has 0 saturated heterocycles. The third-order valence-electron chi connectivity index (χ3n) is 8.86. The highest BCUT2D eigenvalue weighted by atomic mass is 16.5. The second kappa shape index (κ2) is 11.2. The summed E-state index contributed by atoms with van der Waals surface area (Å²) >= 11 is 0. The van der Waals surface area contributed by atoms with Crippen LogP contribution in [0.25, 0.3) is 0 Å². The maximum Gasteiger partial charge on any atom is 0.107 e. The highest BCUT2D eigenvalue weighted by Crippen LogP contribution is 2.60. The second-order valence-electron chi connectivity index (χ2n) is 11.4. The lowest BCUT2D eigenvalue weighted by molar-refractivity contribution is -0.0233. The number of aliphatic hydroxyl groups is 1. The van der Waals surface area contributed by atoms with Gasteiger partial charge in [0.25, 0.3) is 0 Å². The minimum atomic E-state index is -0.204. The van der Waals surface area contributed by atoms with Gasteiger partial charge in [-0.1, -0.05) is 63.5 Å². The molecule has 0 bridgehead atoms. The van der Waals surface area contributed by atoms with Gasteiger partial charge in [0.05, 0.1) is 12.2 Å². The molecule has 2 heteroatoms. The van der Waals surface area contributed by atoms with Gasteiger partial charge in [0, 0.05) is 0 Å². The standard InChI is InChI=1S/C30H46O2/c1-7-19-32-29(17-10-21(2)3)23(5)27-15-16-28-24(9-8-18-30(27,28)6)12-13-25-20-26(31)14-11-22(25)4/h1,12-13,21,23,26-29,31H,4,8-11,14-20H2,2-3,5-6H3/b24-12+,25-13-/t23-,26-,27+,28-,29-,30+/m0/s1. The van der Waals surface area contributed by atoms with Crippen LogP contribution in [0.4, 0.5) is 0 Å². The molecule has 32 heavy (non-hydrogen) atoms. The van der Waals surface area contributed by atoms with E-state index < -0.39 is 0 Å². The lowest BCUT2D eigenvalue weighted by Gasteiger charge is -2.45. The lowest BCUT2D eigenvalue weighted by Crippen LogP contribution is -2.40. The Morgan fingerprint density at radius 1 is 1.19 bits per heavy atom. The first-order valence-corrected chi connectivity index (χ1v) is 13.1. The first kappa shape index (κ1) is 25.3. The molecule has 3 aliphatic rings. The van der Waals surface area contributed by atoms with Gasteiger partial charge in [-0.25, -0.2) is 0 Å². The molecule has 0 aliphatic heterocycles. The van der Waals surface area contributed by atoms with Gasteiger partial charge in [0.15, 0.2) is 0 Å². The summed E-state index contributed by atoms with van der Waals surface area (Å²) in [5.74, 6) is 5.27. The quantitative estimate of drug-likeness (QED) is 0.404. The van der Waals surface area contributed by atoms with Crippen molar-refractivity contribution in [1.29, 1.82) is 0 Å². The summed E-state index contributed by atoms with van der Waals surface area (Å²) in [6, 6.07) is 0. The number of hydrogen-bond acceptors (Lipinski definition) is 2. The summed E-state index contributed by atoms with van der Waals surface area (Å²) in [5.41, 5.74) is 4.43. The highest BCUT2D eigenvalue weighted by molar-refractivity contribution is 5.36. The van der Waals surface area contributed by atoms with Crippen LogP contribution in [0, 0.1) is 41.4 Å². The Kier molecular flexibility index (Phi) is 8.88. The van der Waals surface area contributed by atoms with E-state index in [1.807, 2.05) is 0 Å². The van der Waals surface area contributed by atoms with Crippen LogP contribution in [0.3, 0.4) is 0 Å². The Labute approximate surface area is 197 Å². The van der Waals surface area contributed by atoms with Gasteiger partial charge in [-0.2, -0.15) is 0 Å². The number of aliphatic hydroxyl groups excluding tert-OH is 1. The van der Waals surface area contributed by atoms with Crippen LogP contribution in [-0.4, -0.2) is 23.9 Å². The third kappa shape index (κ3) is 5.78. The Bertz CT molecular complexity index is 751. The number of hydrogen-bond donors (Lipinski definition) is 1. The van der Waals surface area contributed by atoms with E-state index in [0.29, 0.717) is 35.7 Å². The molecule has 0 aromatic heterocycles. The van der Waals surface area contributed by atoms with Crippen LogP contribution in [0.5, 0.6) is 0 Å². The zero-order valence-electron chi connectivity index (χ0n) is 21.0. The van der Waals surface area contributed by atoms with Crippen molar-refractivity contribution in [3.8, 4) is 12.3 Å². The van der Waals surface area contributed by atoms with E-state index in [2.05, 4.69) is 52.3 Å². The Morgan fingerprint density at radius 2 is 1.97 bits per heavy atom. The van der Waals surface area contributed by atoms with Crippen molar-refractivity contribution in [3.05, 3.63) is 35.5 Å². The summed E-state index contributed by atoms with van der Waals surface area (Å²) in [6.45, 7) is 14.2. The van der Waals surface area contributed by atoms with Crippen molar-refractivity contribution in [1.82, 2.24) is 0 Å². The molecule has 3 fully saturated rings. The molecule has 0 aromatic rings. The van der Waals surface area contributed by atoms with E-state index in [1.54, 1.807) is 5.57 Å². The SMILES string of the molecule is C#CCO[C@@H](CCC(C)C)[C@@H](C)[C@H]1CC[C@H]2/C(=C/C=C3/C[C@@H](O)CCC3=C)CCC[C@]12C. The normalized spacial score (nSPS) is 35.2. The Morgan fingerprint density at radius 3 is 2.69 bits per heavy atom. The minimum Gasteiger partial charge on any atom is -0.393 e. The van der Waals surface area contributed by atoms with E-state index in [-0.39, 0.29) is 12.2 Å². The fourth-order valence-electron chi connectivity index (χ4n) is 6.95. The predicted octanol–water partition coefficient (Wildman–Crippen LogP) is 7.25. The third-order valence-corrected chi connectivity index (χ3v) is 8.86. The van der Waals surface area contributed by atoms with E-state index in [9.17, 15) is 5.11 Å². The topological polar surface area (TPSA) is 29.5 Å². The first-order valence-electron chi connectivity index (χ1n) is 13.1. The van der Waals surface area contributed by atoms with Gasteiger partial charge < -0.3 is 9.84 Å². The number of fused-ring (bicyclic) bond motifs is 1. The van der Waals surface area contributed by atoms with Gasteiger partial charge in [-0.3, -0.25) is 0 Å². The fraction of sp³-hybridized carbons (Fsp3) is 0.733. The summed E-state index contributed by atoms with van der Waals surface area (Å²) < 4.78 is 6.22. The van der Waals surface area contributed by atoms with Gasteiger partial charge in [0.1, 0.15) is 6.61 Å². The van der Waals surface area contributed by atoms with Gasteiger partial charge in [0.2, 0.25) is 0 Å². The minimum absolute atomic E-state index is 0.204. The molecule has 0 heterocycles. The van der Waals surface area contributed by atoms with Gasteiger partial charge in [-0.15, -0.1) is 6.42 Å². The molecule has 1 N–H and O–H groups in total. The van der Waals surface area contributed by atoms with Crippen molar-refractivity contribution in [3.63, 3.8) is 0 Å². The number of rotatable bonds is 8. The zero-order valence-corrected chi connectivity index (χ0v) is 21.0. The summed E-state index contributed by atoms with van der Waals surface area (Å²) in [4.78, 5) is 0. The molecule has 0 unspecified atom stereocenters. The molecule has 0 radical (unpaired) electrons. The van der Waals surface area contributed by atoms with Crippen LogP contribution in [0.1, 0.15) is 91.9 Å². The van der Waals surface area contributed by atoms with Crippen LogP contribution in [0.2, 0.25) is 0 Å². The van der Waals surface area contributed by atoms with E-state index >= 15 is 0 Å². The van der Waals surface area contributed by atoms with Crippen molar-refractivity contribution in [2.24, 2.45) is 29.1 Å². The molecule has 3 saturated carbocycles. The van der Waals surface area contributed by atoms with Crippen LogP contribution < -0.4 is 0 Å². The fourth-order valence-corrected chi connectivity index (χ4v) is 6.95. The molecule has 0 spiro atoms. The summed E-state index contributed by atoms with van der Waals surface area (Å²) in [6.07, 6.45) is 21.5. The first-order chi connectivity index (χ1) is 15.3. The number of terminal acetylenes is 1. The van der Waals surface area contributed by atoms with Crippen molar-refractivity contribution in [2.75, 3.05) is 6.61 Å². The van der Waals surface area contributed by atoms with Crippen molar-refractivity contribution < 1.29 is 9.84 Å². The predicted molar refractivity (Wildman–Crippen MR) is 135 cm³/mol. The van der Waals surface area contributed by atoms with Crippen LogP contribution >= 0.6 is 0 Å². The van der Waals surface area contributed by atoms with E-state index in [4.69, 9.17) is 11.2 Å². The molecule has 178 valence electrons. The second-order valence-corrected chi connectivity index (χ2v) is 11.4. The molecular weight excluding hydrogens is 392 g/mol. The van der Waals surface area contributed by atoms with Crippen LogP contribution in [-0.2, 0) is 4.74 Å². The van der Waals surface area contributed by atoms with Crippen molar-refractivity contribution in [2.45, 2.75) is 104 Å². The molecular formula is C30H46O2. The van der Waals surface area contributed by atoms with Crippen molar-refractivity contribution >= 4 is 0 Å². The molecule has 2 nitrogen and oxygen atoms in total. The summed E-state index contributed by atoms with van der Waals surface area (Å²) in [5, 5.41) is 10.1. The van der Waals surface area contributed by atoms with Crippen LogP contribution in [0.15, 0.2) is 35.5 Å². The average Bonchev–Trinajstić information content (AvgIpc) is 3.11. The number of ether oxygens (including phenoxy) is 1. The van der Waals surface area contributed by atoms with E-state index in [0.717, 1.165) is 25.7 Å². The molecule has 3 rings (SSSR count). The molecule has 0 aromatic carbocycles. The lowest BCUT2D eigenvalue weighted by atomic mass is 9.60. The van der Waals surface area contributed by atoms with Gasteiger partial charge in [-0.05, 0) is 98.9 Å². The average molecular weight is 439 g/mol. The Balaban J connectivity index is 1.76. The molecule has 6 atom stereocenters. The summed E-state index contributed by atoms with van der Waals surface area (Å²) in [7, 11) is 0.